The van der Waals surface area contributed by atoms with Gasteiger partial charge in [-0.1, -0.05) is 106 Å². The Morgan fingerprint density at radius 3 is 2.00 bits per heavy atom. The van der Waals surface area contributed by atoms with Crippen molar-refractivity contribution in [2.45, 2.75) is 251 Å². The molecule has 15 nitrogen and oxygen atoms in total. The average molecular weight is 1160 g/mol. The molecule has 1 amide bonds. The van der Waals surface area contributed by atoms with Gasteiger partial charge in [-0.25, -0.2) is 4.79 Å². The maximum atomic E-state index is 14.7. The summed E-state index contributed by atoms with van der Waals surface area (Å²) in [6, 6.07) is 6.15. The molecule has 4 aliphatic rings. The number of hydrogen-bond donors (Lipinski definition) is 0. The predicted octanol–water partition coefficient (Wildman–Crippen LogP) is 13.4. The van der Waals surface area contributed by atoms with Crippen molar-refractivity contribution < 1.29 is 65.9 Å². The Balaban J connectivity index is 1.47. The summed E-state index contributed by atoms with van der Waals surface area (Å²) in [4.78, 5) is 44.6. The molecule has 2 saturated heterocycles. The molecule has 80 heavy (non-hydrogen) atoms. The van der Waals surface area contributed by atoms with Crippen molar-refractivity contribution in [2.75, 3.05) is 41.3 Å². The summed E-state index contributed by atoms with van der Waals surface area (Å²) in [5.41, 5.74) is 0. The van der Waals surface area contributed by atoms with E-state index in [4.69, 9.17) is 51.5 Å². The highest BCUT2D eigenvalue weighted by atomic mass is 28.4. The Kier molecular flexibility index (Phi) is 24.8. The highest BCUT2D eigenvalue weighted by Gasteiger charge is 2.60. The van der Waals surface area contributed by atoms with E-state index >= 15 is 0 Å². The second-order valence-corrected chi connectivity index (χ2v) is 36.5. The number of fused-ring (bicyclic) bond motifs is 3. The zero-order valence-electron chi connectivity index (χ0n) is 52.8. The molecule has 3 aliphatic heterocycles. The fraction of sp³-hybridized carbons (Fsp3) is 0.794. The van der Waals surface area contributed by atoms with Crippen LogP contribution in [0.25, 0.3) is 0 Å². The van der Waals surface area contributed by atoms with Crippen LogP contribution in [0, 0.1) is 29.6 Å². The third kappa shape index (κ3) is 17.6. The molecule has 1 aliphatic carbocycles. The molecule has 0 aromatic heterocycles. The number of methoxy groups -OCH3 is 3. The Bertz CT molecular complexity index is 2190. The summed E-state index contributed by atoms with van der Waals surface area (Å²) in [5, 5.41) is -0.0442. The van der Waals surface area contributed by atoms with E-state index in [1.807, 2.05) is 20.8 Å². The first kappa shape index (κ1) is 67.8. The van der Waals surface area contributed by atoms with Gasteiger partial charge in [-0.3, -0.25) is 9.59 Å². The Morgan fingerprint density at radius 2 is 1.36 bits per heavy atom. The molecule has 14 atom stereocenters. The van der Waals surface area contributed by atoms with Gasteiger partial charge in [-0.05, 0) is 157 Å². The number of hydrogen-bond acceptors (Lipinski definition) is 14. The summed E-state index contributed by atoms with van der Waals surface area (Å²) in [6.07, 6.45) is 15.4. The molecule has 0 radical (unpaired) electrons. The van der Waals surface area contributed by atoms with Crippen molar-refractivity contribution in [2.24, 2.45) is 29.6 Å². The maximum absolute atomic E-state index is 14.7. The van der Waals surface area contributed by atoms with Gasteiger partial charge in [0.05, 0.1) is 30.3 Å². The van der Waals surface area contributed by atoms with Gasteiger partial charge in [-0.2, -0.15) is 0 Å². The lowest BCUT2D eigenvalue weighted by Crippen LogP contribution is -2.69. The predicted molar refractivity (Wildman–Crippen MR) is 318 cm³/mol. The number of amides is 1. The molecular weight excluding hydrogens is 1050 g/mol. The smallest absolute Gasteiger partial charge is 0.329 e. The molecular formula is C63H107NO14Si2. The van der Waals surface area contributed by atoms with Crippen molar-refractivity contribution in [3.63, 3.8) is 0 Å². The van der Waals surface area contributed by atoms with Crippen LogP contribution in [-0.2, 0) is 56.4 Å². The number of carbonyl (C=O) groups is 3. The number of esters is 2. The molecule has 5 rings (SSSR count). The van der Waals surface area contributed by atoms with Crippen LogP contribution >= 0.6 is 0 Å². The molecule has 0 N–H and O–H groups in total. The maximum Gasteiger partial charge on any atom is 0.329 e. The van der Waals surface area contributed by atoms with E-state index in [0.29, 0.717) is 45.1 Å². The SMILES string of the molecule is COCO[C@H]1[C@H](C[C@@H](C)[C@@H]2CC[C@H](C)/C=C/CC/C=C/[C@@H](O[Si](C)(C)C(C)(C)C)[C@H](C)[C@@H](O[Si](C)(C)C(C)(C)C)CC[C@@H](C)C(=O)Oc3ccccc3OCC(=O)N3CCCC[C@H]3C(=O)O2)CC[C@H]2O[C@](C)(OC)[C@@](C)(OC)O[C@H]12. The zero-order valence-corrected chi connectivity index (χ0v) is 54.8. The lowest BCUT2D eigenvalue weighted by molar-refractivity contribution is -0.461. The molecule has 0 bridgehead atoms. The Hall–Kier alpha value is -2.98. The Morgan fingerprint density at radius 1 is 0.738 bits per heavy atom. The van der Waals surface area contributed by atoms with Gasteiger partial charge in [0, 0.05) is 33.8 Å². The van der Waals surface area contributed by atoms with Gasteiger partial charge in [0.2, 0.25) is 11.6 Å². The van der Waals surface area contributed by atoms with Crippen LogP contribution in [0.15, 0.2) is 48.6 Å². The third-order valence-corrected chi connectivity index (χ3v) is 27.8. The number of piperidine rings is 1. The first-order valence-electron chi connectivity index (χ1n) is 30.1. The number of cyclic esters (lactones) is 1. The van der Waals surface area contributed by atoms with Crippen molar-refractivity contribution in [3.8, 4) is 11.5 Å². The highest BCUT2D eigenvalue weighted by Crippen LogP contribution is 2.47. The molecule has 3 fully saturated rings. The van der Waals surface area contributed by atoms with Crippen LogP contribution in [0.3, 0.4) is 0 Å². The van der Waals surface area contributed by atoms with E-state index in [9.17, 15) is 14.4 Å². The minimum Gasteiger partial charge on any atom is -0.480 e. The van der Waals surface area contributed by atoms with Gasteiger partial charge < -0.3 is 56.4 Å². The van der Waals surface area contributed by atoms with E-state index in [-0.39, 0.29) is 82.9 Å². The van der Waals surface area contributed by atoms with Gasteiger partial charge in [0.15, 0.2) is 34.7 Å². The van der Waals surface area contributed by atoms with Gasteiger partial charge in [0.1, 0.15) is 25.0 Å². The fourth-order valence-corrected chi connectivity index (χ4v) is 13.8. The monoisotopic (exact) mass is 1160 g/mol. The van der Waals surface area contributed by atoms with Crippen LogP contribution < -0.4 is 9.47 Å². The second-order valence-electron chi connectivity index (χ2n) is 26.9. The highest BCUT2D eigenvalue weighted by molar-refractivity contribution is 6.74. The van der Waals surface area contributed by atoms with Crippen molar-refractivity contribution in [1.29, 1.82) is 0 Å². The minimum atomic E-state index is -2.28. The number of nitrogens with zero attached hydrogens (tertiary/aromatic N) is 1. The zero-order chi connectivity index (χ0) is 59.4. The number of carbonyl (C=O) groups excluding carboxylic acids is 3. The van der Waals surface area contributed by atoms with Crippen LogP contribution in [0.5, 0.6) is 11.5 Å². The third-order valence-electron chi connectivity index (χ3n) is 18.9. The number of para-hydroxylation sites is 2. The van der Waals surface area contributed by atoms with E-state index in [2.05, 4.69) is 113 Å². The standard InChI is InChI=1S/C63H107NO14Si2/c1-43-28-22-20-21-23-30-50(77-79(16,17)60(5,6)7)46(4)51(78-80(18,19)61(8,9)10)37-34-44(2)58(66)74-53-32-25-24-31-52(53)71-41-55(65)64-39-27-26-29-48(64)59(67)73-49(36-33-43)45(3)40-47-35-38-54-57(56(47)72-42-68-13)76-63(12,70-15)62(11,69-14)75-54/h22-25,28,30-32,43-51,54,56-57H,20-21,26-27,29,33-42H2,1-19H3/b28-22+,30-23+/t43-,44-,45-,46+,47+,48+,49+,50-,51+,54-,56+,57+,62+,63+/m1/s1. The lowest BCUT2D eigenvalue weighted by atomic mass is 9.75. The first-order chi connectivity index (χ1) is 37.4. The molecule has 17 heteroatoms. The van der Waals surface area contributed by atoms with Crippen molar-refractivity contribution in [1.82, 2.24) is 4.90 Å². The summed E-state index contributed by atoms with van der Waals surface area (Å²) in [7, 11) is 0.241. The van der Waals surface area contributed by atoms with Crippen LogP contribution in [-0.4, -0.2) is 135 Å². The largest absolute Gasteiger partial charge is 0.480 e. The summed E-state index contributed by atoms with van der Waals surface area (Å²) < 4.78 is 70.7. The number of allylic oxidation sites excluding steroid dienone is 3. The van der Waals surface area contributed by atoms with E-state index in [1.165, 1.54) is 0 Å². The van der Waals surface area contributed by atoms with Crippen LogP contribution in [0.1, 0.15) is 160 Å². The van der Waals surface area contributed by atoms with Crippen LogP contribution in [0.2, 0.25) is 36.3 Å². The van der Waals surface area contributed by atoms with Gasteiger partial charge in [0.25, 0.3) is 5.91 Å². The molecule has 1 aromatic rings. The van der Waals surface area contributed by atoms with E-state index in [0.717, 1.165) is 38.5 Å². The van der Waals surface area contributed by atoms with Crippen molar-refractivity contribution in [3.05, 3.63) is 48.6 Å². The second kappa shape index (κ2) is 29.2. The van der Waals surface area contributed by atoms with Gasteiger partial charge >= 0.3 is 11.9 Å². The summed E-state index contributed by atoms with van der Waals surface area (Å²) in [5.74, 6) is -3.40. The fourth-order valence-electron chi connectivity index (χ4n) is 11.0. The van der Waals surface area contributed by atoms with Crippen LogP contribution in [0.4, 0.5) is 0 Å². The molecule has 0 spiro atoms. The van der Waals surface area contributed by atoms with Gasteiger partial charge in [-0.15, -0.1) is 0 Å². The molecule has 3 heterocycles. The minimum absolute atomic E-state index is 0.00343. The Labute approximate surface area is 484 Å². The number of rotatable bonds is 12. The molecule has 1 saturated carbocycles. The molecule has 456 valence electrons. The van der Waals surface area contributed by atoms with E-state index in [1.54, 1.807) is 50.5 Å². The quantitative estimate of drug-likeness (QED) is 0.0640. The van der Waals surface area contributed by atoms with E-state index < -0.39 is 70.4 Å². The number of ether oxygens (including phenoxy) is 9. The topological polar surface area (TPSA) is 156 Å². The average Bonchev–Trinajstić information content (AvgIpc) is 3.45. The first-order valence-corrected chi connectivity index (χ1v) is 35.9. The summed E-state index contributed by atoms with van der Waals surface area (Å²) >= 11 is 0. The summed E-state index contributed by atoms with van der Waals surface area (Å²) in [6.45, 7) is 35.1. The lowest BCUT2D eigenvalue weighted by Gasteiger charge is -2.56. The number of benzene rings is 1. The van der Waals surface area contributed by atoms with Crippen molar-refractivity contribution >= 4 is 34.5 Å². The molecule has 1 aromatic carbocycles. The molecule has 0 unspecified atom stereocenters. The normalized spacial score (nSPS) is 34.1.